The molecule has 0 aliphatic heterocycles. The van der Waals surface area contributed by atoms with E-state index in [-0.39, 0.29) is 5.41 Å². The fourth-order valence-corrected chi connectivity index (χ4v) is 3.46. The molecule has 22 heavy (non-hydrogen) atoms. The zero-order valence-electron chi connectivity index (χ0n) is 13.6. The van der Waals surface area contributed by atoms with E-state index in [4.69, 9.17) is 11.6 Å². The van der Waals surface area contributed by atoms with E-state index < -0.39 is 11.6 Å². The Kier molecular flexibility index (Phi) is 5.49. The Balaban J connectivity index is 2.16. The van der Waals surface area contributed by atoms with Gasteiger partial charge in [-0.25, -0.2) is 8.78 Å². The third-order valence-electron chi connectivity index (χ3n) is 4.32. The highest BCUT2D eigenvalue weighted by Crippen LogP contribution is 2.39. The highest BCUT2D eigenvalue weighted by atomic mass is 35.5. The maximum absolute atomic E-state index is 13.9. The lowest BCUT2D eigenvalue weighted by Gasteiger charge is -2.33. The van der Waals surface area contributed by atoms with Crippen LogP contribution in [0.1, 0.15) is 46.0 Å². The second-order valence-corrected chi connectivity index (χ2v) is 7.19. The highest BCUT2D eigenvalue weighted by molar-refractivity contribution is 6.30. The molecule has 0 atom stereocenters. The molecule has 1 nitrogen and oxygen atoms in total. The Labute approximate surface area is 137 Å². The summed E-state index contributed by atoms with van der Waals surface area (Å²) in [4.78, 5) is 1.81. The number of anilines is 1. The lowest BCUT2D eigenvalue weighted by molar-refractivity contribution is 0.454. The van der Waals surface area contributed by atoms with Crippen LogP contribution in [-0.2, 0) is 0 Å². The first-order chi connectivity index (χ1) is 10.3. The Morgan fingerprint density at radius 2 is 1.82 bits per heavy atom. The average molecular weight is 328 g/mol. The van der Waals surface area contributed by atoms with Crippen molar-refractivity contribution in [2.45, 2.75) is 46.0 Å². The van der Waals surface area contributed by atoms with Crippen molar-refractivity contribution in [1.29, 1.82) is 0 Å². The molecule has 1 aromatic carbocycles. The Morgan fingerprint density at radius 1 is 1.18 bits per heavy atom. The van der Waals surface area contributed by atoms with E-state index in [1.807, 2.05) is 7.05 Å². The third-order valence-corrected chi connectivity index (χ3v) is 5.09. The summed E-state index contributed by atoms with van der Waals surface area (Å²) >= 11 is 6.65. The molecule has 1 fully saturated rings. The summed E-state index contributed by atoms with van der Waals surface area (Å²) in [5, 5.41) is 0.904. The molecule has 4 heteroatoms. The van der Waals surface area contributed by atoms with Crippen LogP contribution in [0.25, 0.3) is 0 Å². The first-order valence-corrected chi connectivity index (χ1v) is 8.23. The second-order valence-electron chi connectivity index (χ2n) is 6.81. The molecule has 1 saturated carbocycles. The Hall–Kier alpha value is -1.09. The first kappa shape index (κ1) is 17.3. The molecule has 1 aliphatic rings. The normalized spacial score (nSPS) is 15.8. The highest BCUT2D eigenvalue weighted by Gasteiger charge is 2.28. The van der Waals surface area contributed by atoms with Gasteiger partial charge in [-0.1, -0.05) is 37.4 Å². The number of hydrogen-bond donors (Lipinski definition) is 0. The smallest absolute Gasteiger partial charge is 0.149 e. The van der Waals surface area contributed by atoms with Crippen molar-refractivity contribution in [2.24, 2.45) is 5.41 Å². The van der Waals surface area contributed by atoms with Crippen LogP contribution in [0.15, 0.2) is 28.8 Å². The lowest BCUT2D eigenvalue weighted by Crippen LogP contribution is -2.33. The number of rotatable bonds is 4. The van der Waals surface area contributed by atoms with Gasteiger partial charge in [0.15, 0.2) is 0 Å². The number of allylic oxidation sites excluding steroid dienone is 1. The fraction of sp³-hybridized carbons (Fsp3) is 0.556. The van der Waals surface area contributed by atoms with Crippen molar-refractivity contribution in [3.63, 3.8) is 0 Å². The van der Waals surface area contributed by atoms with Crippen molar-refractivity contribution in [1.82, 2.24) is 0 Å². The molecule has 1 aromatic rings. The van der Waals surface area contributed by atoms with E-state index in [2.05, 4.69) is 13.8 Å². The monoisotopic (exact) mass is 327 g/mol. The maximum atomic E-state index is 13.9. The van der Waals surface area contributed by atoms with Crippen LogP contribution in [0.3, 0.4) is 0 Å². The molecule has 0 radical (unpaired) electrons. The predicted molar refractivity (Wildman–Crippen MR) is 89.4 cm³/mol. The summed E-state index contributed by atoms with van der Waals surface area (Å²) in [5.74, 6) is -1.10. The number of halogens is 3. The van der Waals surface area contributed by atoms with Crippen LogP contribution >= 0.6 is 11.6 Å². The molecular formula is C18H24ClF2N. The van der Waals surface area contributed by atoms with Crippen LogP contribution < -0.4 is 4.90 Å². The summed E-state index contributed by atoms with van der Waals surface area (Å²) in [5.41, 5.74) is 1.47. The fourth-order valence-electron chi connectivity index (χ4n) is 3.21. The van der Waals surface area contributed by atoms with Crippen LogP contribution in [0.4, 0.5) is 14.5 Å². The number of benzene rings is 1. The van der Waals surface area contributed by atoms with Crippen LogP contribution in [-0.4, -0.2) is 13.6 Å². The molecule has 0 aromatic heterocycles. The van der Waals surface area contributed by atoms with Gasteiger partial charge in [0.05, 0.1) is 5.69 Å². The van der Waals surface area contributed by atoms with Crippen molar-refractivity contribution in [3.05, 3.63) is 40.4 Å². The number of nitrogens with zero attached hydrogens (tertiary/aromatic N) is 1. The number of hydrogen-bond acceptors (Lipinski definition) is 1. The van der Waals surface area contributed by atoms with Crippen molar-refractivity contribution >= 4 is 17.3 Å². The van der Waals surface area contributed by atoms with Gasteiger partial charge in [0.25, 0.3) is 0 Å². The van der Waals surface area contributed by atoms with Crippen LogP contribution in [0.5, 0.6) is 0 Å². The summed E-state index contributed by atoms with van der Waals surface area (Å²) < 4.78 is 26.9. The molecular weight excluding hydrogens is 304 g/mol. The predicted octanol–water partition coefficient (Wildman–Crippen LogP) is 5.88. The van der Waals surface area contributed by atoms with E-state index in [9.17, 15) is 8.78 Å². The summed E-state index contributed by atoms with van der Waals surface area (Å²) in [6, 6.07) is 3.67. The molecule has 0 unspecified atom stereocenters. The van der Waals surface area contributed by atoms with Gasteiger partial charge in [-0.05, 0) is 37.8 Å². The van der Waals surface area contributed by atoms with Crippen molar-refractivity contribution < 1.29 is 8.78 Å². The van der Waals surface area contributed by atoms with E-state index in [1.54, 1.807) is 4.90 Å². The maximum Gasteiger partial charge on any atom is 0.149 e. The minimum atomic E-state index is -0.559. The van der Waals surface area contributed by atoms with Gasteiger partial charge >= 0.3 is 0 Å². The van der Waals surface area contributed by atoms with Crippen LogP contribution in [0, 0.1) is 17.0 Å². The second kappa shape index (κ2) is 6.99. The van der Waals surface area contributed by atoms with Gasteiger partial charge in [0.2, 0.25) is 0 Å². The average Bonchev–Trinajstić information content (AvgIpc) is 2.46. The van der Waals surface area contributed by atoms with Gasteiger partial charge in [-0.2, -0.15) is 0 Å². The van der Waals surface area contributed by atoms with Gasteiger partial charge in [-0.15, -0.1) is 0 Å². The lowest BCUT2D eigenvalue weighted by atomic mass is 9.84. The molecule has 0 bridgehead atoms. The van der Waals surface area contributed by atoms with Gasteiger partial charge in [0.1, 0.15) is 11.6 Å². The molecule has 2 rings (SSSR count). The summed E-state index contributed by atoms with van der Waals surface area (Å²) in [7, 11) is 1.81. The summed E-state index contributed by atoms with van der Waals surface area (Å²) in [6.07, 6.45) is 5.80. The van der Waals surface area contributed by atoms with E-state index in [0.29, 0.717) is 12.2 Å². The van der Waals surface area contributed by atoms with Gasteiger partial charge in [-0.3, -0.25) is 0 Å². The first-order valence-electron chi connectivity index (χ1n) is 7.85. The molecule has 0 N–H and O–H groups in total. The largest absolute Gasteiger partial charge is 0.371 e. The molecule has 0 heterocycles. The minimum absolute atomic E-state index is 0.260. The topological polar surface area (TPSA) is 3.24 Å². The quantitative estimate of drug-likeness (QED) is 0.667. The Morgan fingerprint density at radius 3 is 2.41 bits per heavy atom. The standard InChI is InChI=1S/C18H24ClF2N/c1-18(2,17(19)13-7-5-4-6-8-13)12-22(3)16-10-9-14(20)11-15(16)21/h9-11H,4-8,12H2,1-3H3. The SMILES string of the molecule is CN(CC(C)(C)C(Cl)=C1CCCCC1)c1ccc(F)cc1F. The van der Waals surface area contributed by atoms with Gasteiger partial charge < -0.3 is 4.90 Å². The van der Waals surface area contributed by atoms with Crippen LogP contribution in [0.2, 0.25) is 0 Å². The molecule has 1 aliphatic carbocycles. The van der Waals surface area contributed by atoms with E-state index >= 15 is 0 Å². The van der Waals surface area contributed by atoms with E-state index in [1.165, 1.54) is 37.0 Å². The van der Waals surface area contributed by atoms with Gasteiger partial charge in [0, 0.05) is 30.1 Å². The van der Waals surface area contributed by atoms with Crippen molar-refractivity contribution in [3.8, 4) is 0 Å². The zero-order chi connectivity index (χ0) is 16.3. The van der Waals surface area contributed by atoms with Crippen molar-refractivity contribution in [2.75, 3.05) is 18.5 Å². The molecule has 122 valence electrons. The molecule has 0 spiro atoms. The Bertz CT molecular complexity index is 558. The van der Waals surface area contributed by atoms with E-state index in [0.717, 1.165) is 23.9 Å². The third kappa shape index (κ3) is 4.01. The summed E-state index contributed by atoms with van der Waals surface area (Å²) in [6.45, 7) is 4.74. The minimum Gasteiger partial charge on any atom is -0.371 e. The molecule has 0 saturated heterocycles. The zero-order valence-corrected chi connectivity index (χ0v) is 14.3. The molecule has 0 amide bonds.